The zero-order valence-corrected chi connectivity index (χ0v) is 16.1. The highest BCUT2D eigenvalue weighted by Gasteiger charge is 2.22. The van der Waals surface area contributed by atoms with Crippen LogP contribution in [-0.4, -0.2) is 29.1 Å². The van der Waals surface area contributed by atoms with E-state index in [9.17, 15) is 4.79 Å². The molecule has 0 aliphatic heterocycles. The third kappa shape index (κ3) is 2.45. The second-order valence-electron chi connectivity index (χ2n) is 6.54. The Morgan fingerprint density at radius 3 is 2.71 bits per heavy atom. The summed E-state index contributed by atoms with van der Waals surface area (Å²) in [6, 6.07) is 11.2. The zero-order valence-electron chi connectivity index (χ0n) is 15.3. The number of hydrogen-bond acceptors (Lipinski definition) is 6. The molecule has 1 aromatic carbocycles. The smallest absolute Gasteiger partial charge is 0.276 e. The molecule has 4 heterocycles. The van der Waals surface area contributed by atoms with Crippen molar-refractivity contribution in [1.82, 2.24) is 29.1 Å². The van der Waals surface area contributed by atoms with Gasteiger partial charge >= 0.3 is 0 Å². The Hall–Kier alpha value is -3.39. The lowest BCUT2D eigenvalue weighted by Crippen LogP contribution is -2.26. The van der Waals surface area contributed by atoms with Crippen LogP contribution in [0.2, 0.25) is 0 Å². The lowest BCUT2D eigenvalue weighted by Gasteiger charge is -2.19. The second kappa shape index (κ2) is 6.35. The first-order valence-corrected chi connectivity index (χ1v) is 9.73. The predicted molar refractivity (Wildman–Crippen MR) is 109 cm³/mol. The van der Waals surface area contributed by atoms with Gasteiger partial charge in [0.05, 0.1) is 29.3 Å². The molecule has 0 aliphatic carbocycles. The number of benzene rings is 1. The first-order valence-electron chi connectivity index (χ1n) is 8.85. The number of imidazole rings is 1. The second-order valence-corrected chi connectivity index (χ2v) is 7.46. The molecule has 8 heteroatoms. The van der Waals surface area contributed by atoms with E-state index < -0.39 is 0 Å². The van der Waals surface area contributed by atoms with Crippen LogP contribution >= 0.6 is 11.3 Å². The molecule has 7 nitrogen and oxygen atoms in total. The van der Waals surface area contributed by atoms with Gasteiger partial charge < -0.3 is 4.57 Å². The third-order valence-corrected chi connectivity index (χ3v) is 5.74. The Labute approximate surface area is 164 Å². The first-order chi connectivity index (χ1) is 13.6. The number of fused-ring (bicyclic) bond motifs is 2. The number of para-hydroxylation sites is 1. The van der Waals surface area contributed by atoms with Crippen LogP contribution in [0.5, 0.6) is 0 Å². The van der Waals surface area contributed by atoms with Gasteiger partial charge in [-0.15, -0.1) is 11.3 Å². The van der Waals surface area contributed by atoms with Crippen molar-refractivity contribution in [2.45, 2.75) is 19.9 Å². The Morgan fingerprint density at radius 2 is 1.89 bits per heavy atom. The number of thiophene rings is 1. The zero-order chi connectivity index (χ0) is 19.3. The molecule has 0 aliphatic rings. The molecule has 4 aromatic heterocycles. The van der Waals surface area contributed by atoms with Crippen LogP contribution in [-0.2, 0) is 0 Å². The van der Waals surface area contributed by atoms with E-state index in [-0.39, 0.29) is 11.6 Å². The van der Waals surface area contributed by atoms with E-state index in [1.54, 1.807) is 10.9 Å². The van der Waals surface area contributed by atoms with Gasteiger partial charge in [0.1, 0.15) is 22.4 Å². The predicted octanol–water partition coefficient (Wildman–Crippen LogP) is 3.50. The van der Waals surface area contributed by atoms with Crippen molar-refractivity contribution in [3.63, 3.8) is 0 Å². The normalized spacial score (nSPS) is 12.6. The summed E-state index contributed by atoms with van der Waals surface area (Å²) >= 11 is 1.41. The van der Waals surface area contributed by atoms with Gasteiger partial charge in [-0.2, -0.15) is 0 Å². The molecule has 138 valence electrons. The lowest BCUT2D eigenvalue weighted by molar-refractivity contribution is 0.590. The Balaban J connectivity index is 1.80. The van der Waals surface area contributed by atoms with Crippen molar-refractivity contribution >= 4 is 32.7 Å². The number of aryl methyl sites for hydroxylation is 1. The SMILES string of the molecule is Cc1ncnc2c1ncn2C(C)c1nc2ccsc2c(=O)n1-c1ccccc1. The van der Waals surface area contributed by atoms with E-state index in [2.05, 4.69) is 15.0 Å². The molecule has 1 atom stereocenters. The van der Waals surface area contributed by atoms with Crippen molar-refractivity contribution in [3.8, 4) is 5.69 Å². The summed E-state index contributed by atoms with van der Waals surface area (Å²) in [7, 11) is 0. The van der Waals surface area contributed by atoms with Crippen LogP contribution in [0.4, 0.5) is 0 Å². The molecule has 0 fully saturated rings. The Morgan fingerprint density at radius 1 is 1.07 bits per heavy atom. The lowest BCUT2D eigenvalue weighted by atomic mass is 10.2. The highest BCUT2D eigenvalue weighted by molar-refractivity contribution is 7.17. The van der Waals surface area contributed by atoms with Crippen LogP contribution in [0.3, 0.4) is 0 Å². The number of rotatable bonds is 3. The fraction of sp³-hybridized carbons (Fsp3) is 0.150. The van der Waals surface area contributed by atoms with Crippen molar-refractivity contribution < 1.29 is 0 Å². The molecule has 0 saturated heterocycles. The topological polar surface area (TPSA) is 78.5 Å². The van der Waals surface area contributed by atoms with E-state index in [1.807, 2.05) is 60.2 Å². The Kier molecular flexibility index (Phi) is 3.80. The summed E-state index contributed by atoms with van der Waals surface area (Å²) in [6.45, 7) is 3.90. The van der Waals surface area contributed by atoms with E-state index in [1.165, 1.54) is 17.7 Å². The minimum Gasteiger partial charge on any atom is -0.305 e. The van der Waals surface area contributed by atoms with Gasteiger partial charge in [0, 0.05) is 0 Å². The average molecular weight is 388 g/mol. The van der Waals surface area contributed by atoms with Crippen molar-refractivity contribution in [1.29, 1.82) is 0 Å². The fourth-order valence-electron chi connectivity index (χ4n) is 3.41. The molecule has 0 saturated carbocycles. The van der Waals surface area contributed by atoms with E-state index in [4.69, 9.17) is 4.98 Å². The van der Waals surface area contributed by atoms with Gasteiger partial charge in [-0.3, -0.25) is 9.36 Å². The quantitative estimate of drug-likeness (QED) is 0.473. The molecule has 5 rings (SSSR count). The molecule has 28 heavy (non-hydrogen) atoms. The summed E-state index contributed by atoms with van der Waals surface area (Å²) in [5, 5.41) is 1.89. The van der Waals surface area contributed by atoms with Gasteiger partial charge in [0.15, 0.2) is 5.65 Å². The summed E-state index contributed by atoms with van der Waals surface area (Å²) < 4.78 is 4.26. The molecule has 0 radical (unpaired) electrons. The summed E-state index contributed by atoms with van der Waals surface area (Å²) in [4.78, 5) is 31.2. The van der Waals surface area contributed by atoms with Crippen molar-refractivity contribution in [2.75, 3.05) is 0 Å². The van der Waals surface area contributed by atoms with Gasteiger partial charge in [-0.05, 0) is 37.4 Å². The number of hydrogen-bond donors (Lipinski definition) is 0. The molecular weight excluding hydrogens is 372 g/mol. The molecule has 0 spiro atoms. The number of aromatic nitrogens is 6. The summed E-state index contributed by atoms with van der Waals surface area (Å²) in [6.07, 6.45) is 3.26. The van der Waals surface area contributed by atoms with Crippen molar-refractivity contribution in [3.05, 3.63) is 76.3 Å². The molecule has 1 unspecified atom stereocenters. The van der Waals surface area contributed by atoms with E-state index in [0.717, 1.165) is 22.5 Å². The molecule has 5 aromatic rings. The standard InChI is InChI=1S/C20H16N6OS/c1-12-16-19(22-10-21-12)25(11-23-16)13(2)18-24-15-8-9-28-17(15)20(27)26(18)14-6-4-3-5-7-14/h3-11,13H,1-2H3. The third-order valence-electron chi connectivity index (χ3n) is 4.85. The van der Waals surface area contributed by atoms with Crippen LogP contribution in [0.15, 0.2) is 59.2 Å². The minimum absolute atomic E-state index is 0.0664. The van der Waals surface area contributed by atoms with Gasteiger partial charge in [-0.25, -0.2) is 19.9 Å². The summed E-state index contributed by atoms with van der Waals surface area (Å²) in [5.41, 5.74) is 3.71. The molecular formula is C20H16N6OS. The van der Waals surface area contributed by atoms with E-state index >= 15 is 0 Å². The molecule has 0 amide bonds. The molecule has 0 N–H and O–H groups in total. The summed E-state index contributed by atoms with van der Waals surface area (Å²) in [5.74, 6) is 0.637. The van der Waals surface area contributed by atoms with Crippen LogP contribution in [0.1, 0.15) is 24.5 Å². The highest BCUT2D eigenvalue weighted by Crippen LogP contribution is 2.25. The highest BCUT2D eigenvalue weighted by atomic mass is 32.1. The number of nitrogens with zero attached hydrogens (tertiary/aromatic N) is 6. The van der Waals surface area contributed by atoms with Crippen LogP contribution < -0.4 is 5.56 Å². The van der Waals surface area contributed by atoms with Crippen LogP contribution in [0.25, 0.3) is 27.1 Å². The minimum atomic E-state index is -0.253. The fourth-order valence-corrected chi connectivity index (χ4v) is 4.17. The van der Waals surface area contributed by atoms with Crippen molar-refractivity contribution in [2.24, 2.45) is 0 Å². The maximum atomic E-state index is 13.3. The van der Waals surface area contributed by atoms with E-state index in [0.29, 0.717) is 16.0 Å². The van der Waals surface area contributed by atoms with Gasteiger partial charge in [-0.1, -0.05) is 18.2 Å². The average Bonchev–Trinajstić information content (AvgIpc) is 3.36. The van der Waals surface area contributed by atoms with Gasteiger partial charge in [0.2, 0.25) is 0 Å². The maximum absolute atomic E-state index is 13.3. The monoisotopic (exact) mass is 388 g/mol. The van der Waals surface area contributed by atoms with Gasteiger partial charge in [0.25, 0.3) is 5.56 Å². The Bertz CT molecular complexity index is 1370. The first kappa shape index (κ1) is 16.8. The maximum Gasteiger partial charge on any atom is 0.276 e. The van der Waals surface area contributed by atoms with Crippen LogP contribution in [0, 0.1) is 6.92 Å². The largest absolute Gasteiger partial charge is 0.305 e. The molecule has 0 bridgehead atoms.